The molecular weight excluding hydrogens is 440 g/mol. The summed E-state index contributed by atoms with van der Waals surface area (Å²) in [5, 5.41) is 4.17. The number of aromatic nitrogens is 2. The Bertz CT molecular complexity index is 1470. The largest absolute Gasteiger partial charge is 0.494 e. The third kappa shape index (κ3) is 3.80. The average Bonchev–Trinajstić information content (AvgIpc) is 3.23. The number of methoxy groups -OCH3 is 1. The fourth-order valence-electron chi connectivity index (χ4n) is 3.41. The molecule has 164 valence electrons. The van der Waals surface area contributed by atoms with Crippen LogP contribution < -0.4 is 21.3 Å². The van der Waals surface area contributed by atoms with E-state index in [-0.39, 0.29) is 21.8 Å². The van der Waals surface area contributed by atoms with E-state index < -0.39 is 35.3 Å². The Morgan fingerprint density at radius 3 is 2.59 bits per heavy atom. The molecule has 0 aliphatic rings. The van der Waals surface area contributed by atoms with Gasteiger partial charge in [-0.1, -0.05) is 0 Å². The van der Waals surface area contributed by atoms with Crippen LogP contribution in [0.1, 0.15) is 5.56 Å². The van der Waals surface area contributed by atoms with Crippen molar-refractivity contribution in [2.24, 2.45) is 0 Å². The first-order valence-electron chi connectivity index (χ1n) is 9.43. The molecule has 0 unspecified atom stereocenters. The monoisotopic (exact) mass is 457 g/mol. The zero-order valence-corrected chi connectivity index (χ0v) is 17.8. The van der Waals surface area contributed by atoms with Crippen molar-refractivity contribution >= 4 is 33.1 Å². The van der Waals surface area contributed by atoms with Crippen molar-refractivity contribution in [3.8, 4) is 11.4 Å². The molecule has 0 fully saturated rings. The Labute approximate surface area is 184 Å². The van der Waals surface area contributed by atoms with Crippen LogP contribution in [0.15, 0.2) is 57.4 Å². The number of amides is 1. The number of benzene rings is 2. The van der Waals surface area contributed by atoms with Gasteiger partial charge in [-0.05, 0) is 54.3 Å². The number of anilines is 1. The minimum absolute atomic E-state index is 0.0287. The minimum Gasteiger partial charge on any atom is -0.494 e. The molecule has 0 atom stereocenters. The highest BCUT2D eigenvalue weighted by Crippen LogP contribution is 2.21. The van der Waals surface area contributed by atoms with Crippen molar-refractivity contribution in [2.75, 3.05) is 12.4 Å². The maximum Gasteiger partial charge on any atom is 0.336 e. The van der Waals surface area contributed by atoms with Gasteiger partial charge in [-0.3, -0.25) is 14.2 Å². The summed E-state index contributed by atoms with van der Waals surface area (Å²) in [6.07, 6.45) is 0. The quantitative estimate of drug-likeness (QED) is 0.498. The number of carbonyl (C=O) groups excluding carboxylic acids is 1. The lowest BCUT2D eigenvalue weighted by atomic mass is 10.2. The van der Waals surface area contributed by atoms with Crippen molar-refractivity contribution in [2.45, 2.75) is 13.5 Å². The zero-order valence-electron chi connectivity index (χ0n) is 17.0. The average molecular weight is 457 g/mol. The van der Waals surface area contributed by atoms with Gasteiger partial charge in [-0.2, -0.15) is 0 Å². The number of carbonyl (C=O) groups is 1. The number of halogens is 2. The van der Waals surface area contributed by atoms with Gasteiger partial charge < -0.3 is 10.1 Å². The smallest absolute Gasteiger partial charge is 0.336 e. The van der Waals surface area contributed by atoms with Crippen molar-refractivity contribution in [3.05, 3.63) is 85.9 Å². The van der Waals surface area contributed by atoms with Crippen molar-refractivity contribution < 1.29 is 18.3 Å². The number of thiophene rings is 1. The second-order valence-corrected chi connectivity index (χ2v) is 7.89. The van der Waals surface area contributed by atoms with E-state index in [0.717, 1.165) is 32.6 Å². The van der Waals surface area contributed by atoms with E-state index in [2.05, 4.69) is 5.32 Å². The minimum atomic E-state index is -0.744. The molecule has 0 aliphatic carbocycles. The molecule has 0 saturated heterocycles. The van der Waals surface area contributed by atoms with Gasteiger partial charge >= 0.3 is 5.69 Å². The Balaban J connectivity index is 1.77. The summed E-state index contributed by atoms with van der Waals surface area (Å²) in [7, 11) is 1.33. The van der Waals surface area contributed by atoms with Gasteiger partial charge in [0.2, 0.25) is 5.91 Å². The number of aryl methyl sites for hydroxylation is 1. The van der Waals surface area contributed by atoms with E-state index in [1.165, 1.54) is 31.4 Å². The molecule has 0 spiro atoms. The number of nitrogens with zero attached hydrogens (tertiary/aromatic N) is 2. The molecule has 1 amide bonds. The van der Waals surface area contributed by atoms with Gasteiger partial charge in [0.15, 0.2) is 11.6 Å². The fraction of sp³-hybridized carbons (Fsp3) is 0.136. The summed E-state index contributed by atoms with van der Waals surface area (Å²) in [6, 6.07) is 9.22. The Kier molecular flexibility index (Phi) is 5.62. The topological polar surface area (TPSA) is 82.3 Å². The number of nitrogens with one attached hydrogen (secondary N) is 1. The van der Waals surface area contributed by atoms with Crippen molar-refractivity contribution in [1.82, 2.24) is 9.13 Å². The number of hydrogen-bond donors (Lipinski definition) is 1. The molecule has 10 heteroatoms. The molecule has 1 N–H and O–H groups in total. The molecule has 0 saturated carbocycles. The first kappa shape index (κ1) is 21.4. The maximum atomic E-state index is 13.9. The van der Waals surface area contributed by atoms with E-state index in [9.17, 15) is 23.2 Å². The Morgan fingerprint density at radius 2 is 1.91 bits per heavy atom. The van der Waals surface area contributed by atoms with Gasteiger partial charge in [0.1, 0.15) is 17.1 Å². The van der Waals surface area contributed by atoms with Crippen molar-refractivity contribution in [3.63, 3.8) is 0 Å². The van der Waals surface area contributed by atoms with Crippen LogP contribution in [0.2, 0.25) is 0 Å². The summed E-state index contributed by atoms with van der Waals surface area (Å²) in [6.45, 7) is 1.17. The second-order valence-electron chi connectivity index (χ2n) is 6.97. The fourth-order valence-corrected chi connectivity index (χ4v) is 4.23. The second kappa shape index (κ2) is 8.39. The number of rotatable bonds is 5. The highest BCUT2D eigenvalue weighted by Gasteiger charge is 2.19. The first-order valence-corrected chi connectivity index (χ1v) is 10.3. The van der Waals surface area contributed by atoms with E-state index >= 15 is 0 Å². The molecule has 32 heavy (non-hydrogen) atoms. The summed E-state index contributed by atoms with van der Waals surface area (Å²) in [5.74, 6) is -1.71. The summed E-state index contributed by atoms with van der Waals surface area (Å²) in [5.41, 5.74) is -0.189. The predicted octanol–water partition coefficient (Wildman–Crippen LogP) is 3.45. The van der Waals surface area contributed by atoms with E-state index in [0.29, 0.717) is 11.1 Å². The SMILES string of the molecule is COc1ccc(NC(=O)Cn2c(=O)n(-c3ccc(F)cc3C)c(=O)c3sccc32)cc1F. The van der Waals surface area contributed by atoms with Gasteiger partial charge in [0.05, 0.1) is 18.3 Å². The van der Waals surface area contributed by atoms with Crippen LogP contribution in [0.5, 0.6) is 5.75 Å². The molecule has 0 bridgehead atoms. The number of ether oxygens (including phenoxy) is 1. The van der Waals surface area contributed by atoms with Crippen LogP contribution in [-0.2, 0) is 11.3 Å². The molecule has 7 nitrogen and oxygen atoms in total. The predicted molar refractivity (Wildman–Crippen MR) is 118 cm³/mol. The standard InChI is InChI=1S/C22H17F2N3O4S/c1-12-9-13(23)3-5-16(12)27-21(29)20-17(7-8-32-20)26(22(27)30)11-19(28)25-14-4-6-18(31-2)15(24)10-14/h3-10H,11H2,1-2H3,(H,25,28). The molecule has 4 aromatic rings. The van der Waals surface area contributed by atoms with Crippen LogP contribution in [0.4, 0.5) is 14.5 Å². The lowest BCUT2D eigenvalue weighted by Gasteiger charge is -2.14. The summed E-state index contributed by atoms with van der Waals surface area (Å²) in [4.78, 5) is 38.9. The van der Waals surface area contributed by atoms with Gasteiger partial charge in [-0.15, -0.1) is 11.3 Å². The lowest BCUT2D eigenvalue weighted by molar-refractivity contribution is -0.116. The van der Waals surface area contributed by atoms with E-state index in [1.54, 1.807) is 18.4 Å². The molecule has 4 rings (SSSR count). The lowest BCUT2D eigenvalue weighted by Crippen LogP contribution is -2.40. The van der Waals surface area contributed by atoms with Crippen LogP contribution in [0.25, 0.3) is 15.9 Å². The summed E-state index contributed by atoms with van der Waals surface area (Å²) >= 11 is 1.13. The third-order valence-corrected chi connectivity index (χ3v) is 5.78. The van der Waals surface area contributed by atoms with Gasteiger partial charge in [0.25, 0.3) is 5.56 Å². The van der Waals surface area contributed by atoms with E-state index in [1.807, 2.05) is 0 Å². The first-order chi connectivity index (χ1) is 15.3. The van der Waals surface area contributed by atoms with Crippen molar-refractivity contribution in [1.29, 1.82) is 0 Å². The van der Waals surface area contributed by atoms with Crippen LogP contribution >= 0.6 is 11.3 Å². The molecule has 0 radical (unpaired) electrons. The number of fused-ring (bicyclic) bond motifs is 1. The van der Waals surface area contributed by atoms with Gasteiger partial charge in [0, 0.05) is 11.8 Å². The third-order valence-electron chi connectivity index (χ3n) is 4.89. The Hall–Kier alpha value is -3.79. The Morgan fingerprint density at radius 1 is 1.12 bits per heavy atom. The highest BCUT2D eigenvalue weighted by molar-refractivity contribution is 7.17. The highest BCUT2D eigenvalue weighted by atomic mass is 32.1. The maximum absolute atomic E-state index is 13.9. The normalized spacial score (nSPS) is 11.0. The molecule has 2 aromatic heterocycles. The van der Waals surface area contributed by atoms with E-state index in [4.69, 9.17) is 4.74 Å². The van der Waals surface area contributed by atoms with Crippen LogP contribution in [0, 0.1) is 18.6 Å². The molecule has 0 aliphatic heterocycles. The van der Waals surface area contributed by atoms with Crippen LogP contribution in [0.3, 0.4) is 0 Å². The molecule has 2 heterocycles. The van der Waals surface area contributed by atoms with Crippen LogP contribution in [-0.4, -0.2) is 22.2 Å². The number of hydrogen-bond acceptors (Lipinski definition) is 5. The molecular formula is C22H17F2N3O4S. The zero-order chi connectivity index (χ0) is 23.0. The molecule has 2 aromatic carbocycles. The summed E-state index contributed by atoms with van der Waals surface area (Å²) < 4.78 is 34.7. The van der Waals surface area contributed by atoms with Gasteiger partial charge in [-0.25, -0.2) is 18.1 Å².